The van der Waals surface area contributed by atoms with Gasteiger partial charge in [0.05, 0.1) is 24.5 Å². The smallest absolute Gasteiger partial charge is 0.407 e. The predicted molar refractivity (Wildman–Crippen MR) is 221 cm³/mol. The molecule has 1 unspecified atom stereocenters. The number of aromatic nitrogens is 1. The number of H-pyrrole nitrogens is 1. The summed E-state index contributed by atoms with van der Waals surface area (Å²) in [5, 5.41) is 5.46. The van der Waals surface area contributed by atoms with Gasteiger partial charge in [0.1, 0.15) is 23.9 Å². The molecule has 15 heteroatoms. The van der Waals surface area contributed by atoms with Crippen molar-refractivity contribution in [1.82, 2.24) is 25.2 Å². The monoisotopic (exact) mass is 817 g/mol. The molecule has 3 fully saturated rings. The lowest BCUT2D eigenvalue weighted by Crippen LogP contribution is -2.57. The second-order valence-corrected chi connectivity index (χ2v) is 17.5. The number of hydrogen-bond donors (Lipinski definition) is 4. The third-order valence-electron chi connectivity index (χ3n) is 11.4. The van der Waals surface area contributed by atoms with Crippen molar-refractivity contribution in [2.75, 3.05) is 20.3 Å². The highest BCUT2D eigenvalue weighted by atomic mass is 32.2. The van der Waals surface area contributed by atoms with E-state index in [1.54, 1.807) is 13.2 Å². The number of ether oxygens (including phenoxy) is 2. The van der Waals surface area contributed by atoms with Gasteiger partial charge in [0.25, 0.3) is 5.91 Å². The van der Waals surface area contributed by atoms with E-state index in [-0.39, 0.29) is 30.3 Å². The molecule has 312 valence electrons. The first-order valence-corrected chi connectivity index (χ1v) is 22.0. The van der Waals surface area contributed by atoms with Crippen molar-refractivity contribution in [3.63, 3.8) is 0 Å². The molecule has 1 aromatic heterocycles. The first kappa shape index (κ1) is 42.4. The summed E-state index contributed by atoms with van der Waals surface area (Å²) >= 11 is 0. The standard InChI is InChI=1S/C43H55N5O9S/c1-3-14-33(40(50)47-58(54,55)31-21-22-31)45-41(51)36-20-13-23-48(36)42(52)39(29-17-10-11-18-29)46-43(53)57-24-12-5-4-7-19-30-25-32-35(27-38(30)56-2)44-34(26-37(32)49)28-15-8-6-9-16-28/h3,6,8-9,15-16,25-27,29,31,33,36,39H,1,4-5,7,10-14,17-24H2,2H3,(H,44,49)(H,45,51)(H,46,53)(H,47,50)/t33?,36-,39-/m0/s1. The SMILES string of the molecule is C=CCC(NC(=O)[C@@H]1CCCN1C(=O)[C@@H](NC(=O)OCCCCCCc1cc2c(=O)cc(-c3ccccc3)[nH]c2cc1OC)C1CCCC1)C(=O)NS(=O)(=O)C1CC1. The maximum atomic E-state index is 14.0. The molecule has 0 bridgehead atoms. The van der Waals surface area contributed by atoms with Gasteiger partial charge < -0.3 is 30.0 Å². The number of carbonyl (C=O) groups excluding carboxylic acids is 4. The molecule has 0 radical (unpaired) electrons. The van der Waals surface area contributed by atoms with Gasteiger partial charge in [0, 0.05) is 29.8 Å². The van der Waals surface area contributed by atoms with Crippen LogP contribution in [0.25, 0.3) is 22.2 Å². The summed E-state index contributed by atoms with van der Waals surface area (Å²) in [6.45, 7) is 4.12. The highest BCUT2D eigenvalue weighted by Gasteiger charge is 2.43. The average Bonchev–Trinajstić information content (AvgIpc) is 3.73. The summed E-state index contributed by atoms with van der Waals surface area (Å²) < 4.78 is 38.0. The summed E-state index contributed by atoms with van der Waals surface area (Å²) in [6.07, 6.45) is 9.84. The zero-order valence-electron chi connectivity index (χ0n) is 33.1. The molecule has 2 heterocycles. The quantitative estimate of drug-likeness (QED) is 0.0924. The van der Waals surface area contributed by atoms with Crippen LogP contribution in [-0.4, -0.2) is 85.8 Å². The number of pyridine rings is 1. The van der Waals surface area contributed by atoms with Crippen molar-refractivity contribution in [2.45, 2.75) is 113 Å². The fraction of sp³-hybridized carbons (Fsp3) is 0.512. The summed E-state index contributed by atoms with van der Waals surface area (Å²) in [7, 11) is -2.20. The third kappa shape index (κ3) is 10.7. The summed E-state index contributed by atoms with van der Waals surface area (Å²) in [5.74, 6) is -1.17. The summed E-state index contributed by atoms with van der Waals surface area (Å²) in [6, 6.07) is 12.2. The van der Waals surface area contributed by atoms with Crippen LogP contribution in [0.4, 0.5) is 4.79 Å². The number of amides is 4. The molecule has 2 aromatic carbocycles. The number of nitrogens with zero attached hydrogens (tertiary/aromatic N) is 1. The number of rotatable bonds is 19. The number of aromatic amines is 1. The first-order valence-electron chi connectivity index (χ1n) is 20.5. The number of benzene rings is 2. The van der Waals surface area contributed by atoms with E-state index in [0.29, 0.717) is 61.7 Å². The molecule has 0 spiro atoms. The lowest BCUT2D eigenvalue weighted by atomic mass is 9.96. The highest BCUT2D eigenvalue weighted by Crippen LogP contribution is 2.31. The van der Waals surface area contributed by atoms with Crippen LogP contribution in [-0.2, 0) is 35.6 Å². The van der Waals surface area contributed by atoms with Crippen LogP contribution in [0.15, 0.2) is 66.0 Å². The Labute approximate surface area is 339 Å². The molecule has 4 N–H and O–H groups in total. The number of sulfonamides is 1. The Bertz CT molecular complexity index is 2130. The minimum absolute atomic E-state index is 0.00847. The van der Waals surface area contributed by atoms with Crippen LogP contribution in [0.1, 0.15) is 89.0 Å². The minimum atomic E-state index is -3.82. The van der Waals surface area contributed by atoms with Gasteiger partial charge in [-0.05, 0) is 87.3 Å². The van der Waals surface area contributed by atoms with Gasteiger partial charge in [-0.1, -0.05) is 62.1 Å². The van der Waals surface area contributed by atoms with Crippen LogP contribution in [0.2, 0.25) is 0 Å². The number of aryl methyl sites for hydroxylation is 1. The van der Waals surface area contributed by atoms with E-state index in [0.717, 1.165) is 61.8 Å². The number of alkyl carbamates (subject to hydrolysis) is 1. The molecule has 2 saturated carbocycles. The van der Waals surface area contributed by atoms with Gasteiger partial charge in [-0.2, -0.15) is 0 Å². The van der Waals surface area contributed by atoms with Crippen molar-refractivity contribution in [3.8, 4) is 17.0 Å². The zero-order chi connectivity index (χ0) is 41.2. The Balaban J connectivity index is 0.975. The Morgan fingerprint density at radius 1 is 0.948 bits per heavy atom. The summed E-state index contributed by atoms with van der Waals surface area (Å²) in [4.78, 5) is 71.4. The van der Waals surface area contributed by atoms with E-state index in [1.165, 1.54) is 11.0 Å². The van der Waals surface area contributed by atoms with E-state index >= 15 is 0 Å². The number of nitrogens with one attached hydrogen (secondary N) is 4. The Kier molecular flexibility index (Phi) is 14.3. The molecule has 4 amide bonds. The number of methoxy groups -OCH3 is 1. The Morgan fingerprint density at radius 3 is 2.40 bits per heavy atom. The van der Waals surface area contributed by atoms with Crippen LogP contribution < -0.4 is 25.5 Å². The second-order valence-electron chi connectivity index (χ2n) is 15.6. The van der Waals surface area contributed by atoms with Crippen LogP contribution in [0.5, 0.6) is 5.75 Å². The van der Waals surface area contributed by atoms with Gasteiger partial charge in [0.2, 0.25) is 21.8 Å². The van der Waals surface area contributed by atoms with Gasteiger partial charge in [-0.15, -0.1) is 6.58 Å². The zero-order valence-corrected chi connectivity index (χ0v) is 33.9. The number of hydrogen-bond acceptors (Lipinski definition) is 9. The number of fused-ring (bicyclic) bond motifs is 1. The maximum Gasteiger partial charge on any atom is 0.407 e. The van der Waals surface area contributed by atoms with Crippen molar-refractivity contribution in [2.24, 2.45) is 5.92 Å². The normalized spacial score (nSPS) is 18.0. The fourth-order valence-corrected chi connectivity index (χ4v) is 9.42. The molecule has 3 aromatic rings. The molecule has 14 nitrogen and oxygen atoms in total. The van der Waals surface area contributed by atoms with E-state index < -0.39 is 51.3 Å². The highest BCUT2D eigenvalue weighted by molar-refractivity contribution is 7.90. The lowest BCUT2D eigenvalue weighted by Gasteiger charge is -2.32. The van der Waals surface area contributed by atoms with Crippen LogP contribution in [0.3, 0.4) is 0 Å². The van der Waals surface area contributed by atoms with E-state index in [9.17, 15) is 32.4 Å². The topological polar surface area (TPSA) is 193 Å². The predicted octanol–water partition coefficient (Wildman–Crippen LogP) is 5.25. The second kappa shape index (κ2) is 19.5. The lowest BCUT2D eigenvalue weighted by molar-refractivity contribution is -0.141. The van der Waals surface area contributed by atoms with Crippen LogP contribution >= 0.6 is 0 Å². The van der Waals surface area contributed by atoms with Gasteiger partial charge in [-0.3, -0.25) is 23.9 Å². The summed E-state index contributed by atoms with van der Waals surface area (Å²) in [5.41, 5.74) is 3.27. The average molecular weight is 818 g/mol. The molecule has 3 atom stereocenters. The van der Waals surface area contributed by atoms with Crippen LogP contribution in [0, 0.1) is 5.92 Å². The molecule has 1 saturated heterocycles. The molecule has 2 aliphatic carbocycles. The molecule has 6 rings (SSSR count). The third-order valence-corrected chi connectivity index (χ3v) is 13.2. The van der Waals surface area contributed by atoms with Crippen molar-refractivity contribution >= 4 is 44.7 Å². The van der Waals surface area contributed by atoms with E-state index in [1.807, 2.05) is 42.5 Å². The Morgan fingerprint density at radius 2 is 1.69 bits per heavy atom. The van der Waals surface area contributed by atoms with Gasteiger partial charge in [0.15, 0.2) is 5.43 Å². The van der Waals surface area contributed by atoms with Crippen molar-refractivity contribution < 1.29 is 37.1 Å². The molecular formula is C43H55N5O9S. The minimum Gasteiger partial charge on any atom is -0.496 e. The van der Waals surface area contributed by atoms with Gasteiger partial charge in [-0.25, -0.2) is 13.2 Å². The molecule has 1 aliphatic heterocycles. The number of unbranched alkanes of at least 4 members (excludes halogenated alkanes) is 3. The molecule has 58 heavy (non-hydrogen) atoms. The van der Waals surface area contributed by atoms with Crippen molar-refractivity contribution in [3.05, 3.63) is 77.0 Å². The van der Waals surface area contributed by atoms with Crippen molar-refractivity contribution in [1.29, 1.82) is 0 Å². The molecular weight excluding hydrogens is 763 g/mol. The fourth-order valence-electron chi connectivity index (χ4n) is 8.08. The molecule has 3 aliphatic rings. The largest absolute Gasteiger partial charge is 0.496 e. The number of carbonyl (C=O) groups is 4. The first-order chi connectivity index (χ1) is 28.0. The maximum absolute atomic E-state index is 14.0. The van der Waals surface area contributed by atoms with E-state index in [4.69, 9.17) is 9.47 Å². The Hall–Kier alpha value is -5.18. The van der Waals surface area contributed by atoms with Gasteiger partial charge >= 0.3 is 6.09 Å². The number of likely N-dealkylation sites (tertiary alicyclic amines) is 1. The van der Waals surface area contributed by atoms with E-state index in [2.05, 4.69) is 26.9 Å².